The molecule has 0 saturated carbocycles. The minimum absolute atomic E-state index is 0.628. The normalized spacial score (nSPS) is 13.6. The number of anilines is 1. The third-order valence-electron chi connectivity index (χ3n) is 3.54. The molecule has 1 aliphatic rings. The van der Waals surface area contributed by atoms with Crippen molar-refractivity contribution in [1.82, 2.24) is 20.2 Å². The first-order valence-corrected chi connectivity index (χ1v) is 6.88. The fraction of sp³-hybridized carbons (Fsp3) is 0.429. The van der Waals surface area contributed by atoms with E-state index in [1.165, 1.54) is 24.7 Å². The van der Waals surface area contributed by atoms with Crippen LogP contribution in [0.15, 0.2) is 12.4 Å². The van der Waals surface area contributed by atoms with Crippen molar-refractivity contribution >= 4 is 5.82 Å². The lowest BCUT2D eigenvalue weighted by Crippen LogP contribution is -2.13. The van der Waals surface area contributed by atoms with E-state index < -0.39 is 0 Å². The van der Waals surface area contributed by atoms with E-state index in [2.05, 4.69) is 31.6 Å². The van der Waals surface area contributed by atoms with E-state index in [1.807, 2.05) is 6.07 Å². The summed E-state index contributed by atoms with van der Waals surface area (Å²) in [5.41, 5.74) is 2.99. The number of hydrogen-bond donors (Lipinski definition) is 2. The molecule has 0 spiro atoms. The molecule has 0 aromatic carbocycles. The van der Waals surface area contributed by atoms with Crippen LogP contribution in [0, 0.1) is 11.3 Å². The van der Waals surface area contributed by atoms with Crippen LogP contribution in [0.2, 0.25) is 0 Å². The number of rotatable bonds is 4. The summed E-state index contributed by atoms with van der Waals surface area (Å²) in [5, 5.41) is 19.1. The summed E-state index contributed by atoms with van der Waals surface area (Å²) >= 11 is 0. The number of nitrogens with zero attached hydrogens (tertiary/aromatic N) is 4. The summed E-state index contributed by atoms with van der Waals surface area (Å²) in [6, 6.07) is 4.21. The number of aryl methyl sites for hydroxylation is 2. The van der Waals surface area contributed by atoms with Crippen LogP contribution in [0.1, 0.15) is 35.5 Å². The van der Waals surface area contributed by atoms with Gasteiger partial charge < -0.3 is 5.32 Å². The first-order chi connectivity index (χ1) is 9.86. The smallest absolute Gasteiger partial charge is 0.144 e. The average molecular weight is 268 g/mol. The molecule has 6 heteroatoms. The van der Waals surface area contributed by atoms with E-state index in [1.54, 1.807) is 0 Å². The van der Waals surface area contributed by atoms with Gasteiger partial charge in [0.15, 0.2) is 0 Å². The van der Waals surface area contributed by atoms with Gasteiger partial charge in [0, 0.05) is 18.7 Å². The highest BCUT2D eigenvalue weighted by Gasteiger charge is 2.14. The van der Waals surface area contributed by atoms with Gasteiger partial charge in [-0.1, -0.05) is 0 Å². The van der Waals surface area contributed by atoms with Gasteiger partial charge in [0.05, 0.1) is 5.56 Å². The minimum Gasteiger partial charge on any atom is -0.369 e. The van der Waals surface area contributed by atoms with Gasteiger partial charge in [0.25, 0.3) is 0 Å². The van der Waals surface area contributed by atoms with E-state index in [9.17, 15) is 5.26 Å². The lowest BCUT2D eigenvalue weighted by molar-refractivity contribution is 0.668. The number of fused-ring (bicyclic) bond motifs is 1. The molecule has 20 heavy (non-hydrogen) atoms. The second-order valence-corrected chi connectivity index (χ2v) is 4.92. The topological polar surface area (TPSA) is 90.3 Å². The molecule has 0 atom stereocenters. The third kappa shape index (κ3) is 2.62. The Balaban J connectivity index is 1.73. The fourth-order valence-corrected chi connectivity index (χ4v) is 2.50. The second-order valence-electron chi connectivity index (χ2n) is 4.92. The summed E-state index contributed by atoms with van der Waals surface area (Å²) in [6.07, 6.45) is 6.64. The van der Waals surface area contributed by atoms with Crippen LogP contribution in [0.4, 0.5) is 5.82 Å². The minimum atomic E-state index is 0.628. The SMILES string of the molecule is N#Cc1cc2c(nc1NCCc1ncn[nH]1)CCCC2. The lowest BCUT2D eigenvalue weighted by Gasteiger charge is -2.17. The Bertz CT molecular complexity index is 626. The van der Waals surface area contributed by atoms with Crippen LogP contribution in [0.25, 0.3) is 0 Å². The van der Waals surface area contributed by atoms with Crippen molar-refractivity contribution in [3.8, 4) is 6.07 Å². The van der Waals surface area contributed by atoms with E-state index in [4.69, 9.17) is 0 Å². The Labute approximate surface area is 117 Å². The Morgan fingerprint density at radius 3 is 3.05 bits per heavy atom. The molecule has 2 aromatic heterocycles. The van der Waals surface area contributed by atoms with Crippen molar-refractivity contribution in [3.63, 3.8) is 0 Å². The van der Waals surface area contributed by atoms with E-state index in [0.29, 0.717) is 17.9 Å². The Morgan fingerprint density at radius 2 is 2.25 bits per heavy atom. The number of aromatic nitrogens is 4. The summed E-state index contributed by atoms with van der Waals surface area (Å²) < 4.78 is 0. The summed E-state index contributed by atoms with van der Waals surface area (Å²) in [4.78, 5) is 8.69. The van der Waals surface area contributed by atoms with Crippen molar-refractivity contribution in [1.29, 1.82) is 5.26 Å². The highest BCUT2D eigenvalue weighted by molar-refractivity contribution is 5.54. The number of aromatic amines is 1. The molecule has 0 saturated heterocycles. The van der Waals surface area contributed by atoms with Gasteiger partial charge in [-0.15, -0.1) is 0 Å². The molecule has 1 aliphatic carbocycles. The largest absolute Gasteiger partial charge is 0.369 e. The number of pyridine rings is 1. The molecular formula is C14H16N6. The van der Waals surface area contributed by atoms with Gasteiger partial charge in [-0.25, -0.2) is 9.97 Å². The third-order valence-corrected chi connectivity index (χ3v) is 3.54. The Hall–Kier alpha value is -2.42. The monoisotopic (exact) mass is 268 g/mol. The van der Waals surface area contributed by atoms with Gasteiger partial charge in [-0.2, -0.15) is 10.4 Å². The standard InChI is InChI=1S/C14H16N6/c15-8-11-7-10-3-1-2-4-12(10)19-14(11)16-6-5-13-17-9-18-20-13/h7,9H,1-6H2,(H,16,19)(H,17,18,20). The van der Waals surface area contributed by atoms with Crippen molar-refractivity contribution in [2.24, 2.45) is 0 Å². The van der Waals surface area contributed by atoms with Crippen LogP contribution in [0.5, 0.6) is 0 Å². The van der Waals surface area contributed by atoms with Crippen LogP contribution < -0.4 is 5.32 Å². The van der Waals surface area contributed by atoms with Crippen molar-refractivity contribution in [2.75, 3.05) is 11.9 Å². The lowest BCUT2D eigenvalue weighted by atomic mass is 9.95. The van der Waals surface area contributed by atoms with E-state index in [0.717, 1.165) is 30.8 Å². The molecule has 6 nitrogen and oxygen atoms in total. The van der Waals surface area contributed by atoms with E-state index >= 15 is 0 Å². The molecular weight excluding hydrogens is 252 g/mol. The van der Waals surface area contributed by atoms with Crippen LogP contribution in [0.3, 0.4) is 0 Å². The molecule has 3 rings (SSSR count). The maximum atomic E-state index is 9.24. The Kier molecular flexibility index (Phi) is 3.59. The zero-order valence-corrected chi connectivity index (χ0v) is 11.2. The molecule has 2 aromatic rings. The molecule has 2 heterocycles. The molecule has 0 amide bonds. The number of nitrogens with one attached hydrogen (secondary N) is 2. The summed E-state index contributed by atoms with van der Waals surface area (Å²) in [5.74, 6) is 1.52. The maximum absolute atomic E-state index is 9.24. The molecule has 0 unspecified atom stereocenters. The molecule has 102 valence electrons. The molecule has 0 fully saturated rings. The van der Waals surface area contributed by atoms with Crippen molar-refractivity contribution in [2.45, 2.75) is 32.1 Å². The summed E-state index contributed by atoms with van der Waals surface area (Å²) in [6.45, 7) is 0.676. The molecule has 0 aliphatic heterocycles. The van der Waals surface area contributed by atoms with Crippen molar-refractivity contribution in [3.05, 3.63) is 35.0 Å². The molecule has 2 N–H and O–H groups in total. The number of hydrogen-bond acceptors (Lipinski definition) is 5. The highest BCUT2D eigenvalue weighted by Crippen LogP contribution is 2.24. The van der Waals surface area contributed by atoms with Crippen LogP contribution in [-0.2, 0) is 19.3 Å². The molecule has 0 bridgehead atoms. The van der Waals surface area contributed by atoms with Gasteiger partial charge in [0.2, 0.25) is 0 Å². The second kappa shape index (κ2) is 5.70. The zero-order chi connectivity index (χ0) is 13.8. The zero-order valence-electron chi connectivity index (χ0n) is 11.2. The summed E-state index contributed by atoms with van der Waals surface area (Å²) in [7, 11) is 0. The number of nitriles is 1. The van der Waals surface area contributed by atoms with Gasteiger partial charge >= 0.3 is 0 Å². The van der Waals surface area contributed by atoms with Gasteiger partial charge in [-0.3, -0.25) is 5.10 Å². The van der Waals surface area contributed by atoms with E-state index in [-0.39, 0.29) is 0 Å². The first kappa shape index (κ1) is 12.6. The quantitative estimate of drug-likeness (QED) is 0.879. The maximum Gasteiger partial charge on any atom is 0.144 e. The highest BCUT2D eigenvalue weighted by atomic mass is 15.2. The van der Waals surface area contributed by atoms with Crippen LogP contribution >= 0.6 is 0 Å². The van der Waals surface area contributed by atoms with Gasteiger partial charge in [-0.05, 0) is 37.3 Å². The van der Waals surface area contributed by atoms with Crippen molar-refractivity contribution < 1.29 is 0 Å². The predicted molar refractivity (Wildman–Crippen MR) is 74.2 cm³/mol. The van der Waals surface area contributed by atoms with Gasteiger partial charge in [0.1, 0.15) is 24.0 Å². The molecule has 0 radical (unpaired) electrons. The van der Waals surface area contributed by atoms with Crippen LogP contribution in [-0.4, -0.2) is 26.7 Å². The predicted octanol–water partition coefficient (Wildman–Crippen LogP) is 1.60. The first-order valence-electron chi connectivity index (χ1n) is 6.88. The fourth-order valence-electron chi connectivity index (χ4n) is 2.50. The average Bonchev–Trinajstić information content (AvgIpc) is 3.00. The number of H-pyrrole nitrogens is 1. The Morgan fingerprint density at radius 1 is 1.35 bits per heavy atom.